The number of halogens is 4. The van der Waals surface area contributed by atoms with Crippen molar-refractivity contribution in [1.29, 1.82) is 0 Å². The average molecular weight is 294 g/mol. The van der Waals surface area contributed by atoms with Crippen LogP contribution in [0.4, 0.5) is 19.1 Å². The molecule has 2 aromatic heterocycles. The van der Waals surface area contributed by atoms with Gasteiger partial charge < -0.3 is 10.5 Å². The molecule has 0 spiro atoms. The number of nitrogens with two attached hydrogens (primary N) is 1. The predicted octanol–water partition coefficient (Wildman–Crippen LogP) is 1.93. The van der Waals surface area contributed by atoms with Crippen LogP contribution in [0.5, 0.6) is 5.75 Å². The molecule has 0 aromatic carbocycles. The van der Waals surface area contributed by atoms with Crippen LogP contribution < -0.4 is 10.5 Å². The van der Waals surface area contributed by atoms with Gasteiger partial charge in [0.25, 0.3) is 5.82 Å². The predicted molar refractivity (Wildman–Crippen MR) is 60.1 cm³/mol. The van der Waals surface area contributed by atoms with E-state index in [0.29, 0.717) is 5.75 Å². The molecule has 2 heterocycles. The van der Waals surface area contributed by atoms with Gasteiger partial charge in [-0.25, -0.2) is 4.98 Å². The Balaban J connectivity index is 2.53. The van der Waals surface area contributed by atoms with Crippen LogP contribution in [-0.2, 0) is 6.18 Å². The van der Waals surface area contributed by atoms with Crippen LogP contribution in [0, 0.1) is 0 Å². The van der Waals surface area contributed by atoms with Crippen LogP contribution in [0.15, 0.2) is 12.1 Å². The topological polar surface area (TPSA) is 78.8 Å². The van der Waals surface area contributed by atoms with Gasteiger partial charge >= 0.3 is 6.18 Å². The SMILES string of the molecule is COc1cc(Cl)nc(-n2nc(C(F)(F)F)nc2N)c1. The first-order chi connectivity index (χ1) is 8.81. The van der Waals surface area contributed by atoms with Crippen LogP contribution in [0.1, 0.15) is 5.82 Å². The number of ether oxygens (including phenoxy) is 1. The van der Waals surface area contributed by atoms with Crippen molar-refractivity contribution in [2.75, 3.05) is 12.8 Å². The Hall–Kier alpha value is -2.03. The Morgan fingerprint density at radius 3 is 2.53 bits per heavy atom. The minimum atomic E-state index is -4.69. The lowest BCUT2D eigenvalue weighted by atomic mass is 10.4. The molecule has 0 atom stereocenters. The number of pyridine rings is 1. The summed E-state index contributed by atoms with van der Waals surface area (Å²) >= 11 is 5.71. The van der Waals surface area contributed by atoms with Crippen LogP contribution in [-0.4, -0.2) is 26.9 Å². The molecular formula is C9H7ClF3N5O. The molecule has 0 fully saturated rings. The molecule has 0 amide bonds. The Bertz CT molecular complexity index is 612. The molecule has 10 heteroatoms. The first-order valence-electron chi connectivity index (χ1n) is 4.83. The summed E-state index contributed by atoms with van der Waals surface area (Å²) in [5.74, 6) is -1.53. The van der Waals surface area contributed by atoms with Crippen molar-refractivity contribution in [3.05, 3.63) is 23.1 Å². The first-order valence-corrected chi connectivity index (χ1v) is 5.20. The van der Waals surface area contributed by atoms with Gasteiger partial charge in [0, 0.05) is 12.1 Å². The summed E-state index contributed by atoms with van der Waals surface area (Å²) in [5, 5.41) is 3.27. The third-order valence-corrected chi connectivity index (χ3v) is 2.29. The second-order valence-electron chi connectivity index (χ2n) is 3.39. The summed E-state index contributed by atoms with van der Waals surface area (Å²) in [4.78, 5) is 6.93. The van der Waals surface area contributed by atoms with E-state index < -0.39 is 17.9 Å². The van der Waals surface area contributed by atoms with E-state index in [1.165, 1.54) is 19.2 Å². The van der Waals surface area contributed by atoms with Crippen molar-refractivity contribution in [1.82, 2.24) is 19.7 Å². The molecule has 0 bridgehead atoms. The monoisotopic (exact) mass is 293 g/mol. The smallest absolute Gasteiger partial charge is 0.453 e. The highest BCUT2D eigenvalue weighted by atomic mass is 35.5. The van der Waals surface area contributed by atoms with E-state index in [1.807, 2.05) is 0 Å². The highest BCUT2D eigenvalue weighted by Crippen LogP contribution is 2.28. The summed E-state index contributed by atoms with van der Waals surface area (Å²) in [6, 6.07) is 2.72. The number of hydrogen-bond acceptors (Lipinski definition) is 5. The molecule has 0 unspecified atom stereocenters. The number of anilines is 1. The zero-order valence-corrected chi connectivity index (χ0v) is 10.2. The van der Waals surface area contributed by atoms with Gasteiger partial charge in [-0.15, -0.1) is 5.10 Å². The number of nitrogen functional groups attached to an aromatic ring is 1. The van der Waals surface area contributed by atoms with Crippen molar-refractivity contribution in [3.63, 3.8) is 0 Å². The normalized spacial score (nSPS) is 11.6. The molecule has 0 aliphatic heterocycles. The standard InChI is InChI=1S/C9H7ClF3N5O/c1-19-4-2-5(10)15-6(3-4)18-8(14)16-7(17-18)9(11,12)13/h2-3H,1H3,(H2,14,16,17). The molecule has 2 rings (SSSR count). The Kier molecular flexibility index (Phi) is 3.23. The van der Waals surface area contributed by atoms with Gasteiger partial charge in [-0.05, 0) is 0 Å². The molecule has 2 aromatic rings. The van der Waals surface area contributed by atoms with Crippen LogP contribution in [0.2, 0.25) is 5.15 Å². The summed E-state index contributed by atoms with van der Waals surface area (Å²) < 4.78 is 43.0. The lowest BCUT2D eigenvalue weighted by Crippen LogP contribution is -2.09. The first kappa shape index (κ1) is 13.4. The van der Waals surface area contributed by atoms with Gasteiger partial charge in [0.15, 0.2) is 5.82 Å². The quantitative estimate of drug-likeness (QED) is 0.856. The fraction of sp³-hybridized carbons (Fsp3) is 0.222. The van der Waals surface area contributed by atoms with Crippen molar-refractivity contribution in [3.8, 4) is 11.6 Å². The fourth-order valence-corrected chi connectivity index (χ4v) is 1.49. The number of alkyl halides is 3. The van der Waals surface area contributed by atoms with E-state index in [-0.39, 0.29) is 11.0 Å². The molecule has 2 N–H and O–H groups in total. The van der Waals surface area contributed by atoms with E-state index in [2.05, 4.69) is 15.1 Å². The molecule has 0 radical (unpaired) electrons. The molecule has 0 saturated carbocycles. The van der Waals surface area contributed by atoms with Crippen molar-refractivity contribution < 1.29 is 17.9 Å². The number of rotatable bonds is 2. The molecule has 0 aliphatic rings. The summed E-state index contributed by atoms with van der Waals surface area (Å²) in [6.45, 7) is 0. The highest BCUT2D eigenvalue weighted by Gasteiger charge is 2.37. The van der Waals surface area contributed by atoms with E-state index >= 15 is 0 Å². The summed E-state index contributed by atoms with van der Waals surface area (Å²) in [6.07, 6.45) is -4.69. The maximum absolute atomic E-state index is 12.5. The second kappa shape index (κ2) is 4.57. The van der Waals surface area contributed by atoms with Gasteiger partial charge in [0.2, 0.25) is 5.95 Å². The minimum absolute atomic E-state index is 0.0233. The fourth-order valence-electron chi connectivity index (χ4n) is 1.30. The largest absolute Gasteiger partial charge is 0.497 e. The van der Waals surface area contributed by atoms with Crippen molar-refractivity contribution in [2.24, 2.45) is 0 Å². The number of hydrogen-bond donors (Lipinski definition) is 1. The molecule has 0 aliphatic carbocycles. The zero-order valence-electron chi connectivity index (χ0n) is 9.44. The average Bonchev–Trinajstić information content (AvgIpc) is 2.70. The molecule has 102 valence electrons. The van der Waals surface area contributed by atoms with Gasteiger partial charge in [0.1, 0.15) is 10.9 Å². The lowest BCUT2D eigenvalue weighted by molar-refractivity contribution is -0.144. The van der Waals surface area contributed by atoms with Gasteiger partial charge in [-0.1, -0.05) is 11.6 Å². The maximum Gasteiger partial charge on any atom is 0.453 e. The minimum Gasteiger partial charge on any atom is -0.497 e. The molecule has 0 saturated heterocycles. The van der Waals surface area contributed by atoms with Crippen molar-refractivity contribution >= 4 is 17.5 Å². The van der Waals surface area contributed by atoms with Crippen LogP contribution >= 0.6 is 11.6 Å². The van der Waals surface area contributed by atoms with E-state index in [9.17, 15) is 13.2 Å². The molecule has 19 heavy (non-hydrogen) atoms. The summed E-state index contributed by atoms with van der Waals surface area (Å²) in [5.41, 5.74) is 5.38. The molecule has 6 nitrogen and oxygen atoms in total. The van der Waals surface area contributed by atoms with E-state index in [4.69, 9.17) is 22.1 Å². The Labute approximate surface area is 110 Å². The van der Waals surface area contributed by atoms with Crippen LogP contribution in [0.3, 0.4) is 0 Å². The maximum atomic E-state index is 12.5. The highest BCUT2D eigenvalue weighted by molar-refractivity contribution is 6.29. The second-order valence-corrected chi connectivity index (χ2v) is 3.78. The number of methoxy groups -OCH3 is 1. The van der Waals surface area contributed by atoms with Crippen molar-refractivity contribution in [2.45, 2.75) is 6.18 Å². The third kappa shape index (κ3) is 2.70. The number of nitrogens with zero attached hydrogens (tertiary/aromatic N) is 4. The number of aromatic nitrogens is 4. The third-order valence-electron chi connectivity index (χ3n) is 2.09. The van der Waals surface area contributed by atoms with Crippen LogP contribution in [0.25, 0.3) is 5.82 Å². The van der Waals surface area contributed by atoms with E-state index in [0.717, 1.165) is 4.68 Å². The Morgan fingerprint density at radius 2 is 2.00 bits per heavy atom. The lowest BCUT2D eigenvalue weighted by Gasteiger charge is -2.05. The van der Waals surface area contributed by atoms with Gasteiger partial charge in [0.05, 0.1) is 7.11 Å². The van der Waals surface area contributed by atoms with E-state index in [1.54, 1.807) is 0 Å². The zero-order chi connectivity index (χ0) is 14.2. The summed E-state index contributed by atoms with van der Waals surface area (Å²) in [7, 11) is 1.38. The Morgan fingerprint density at radius 1 is 1.32 bits per heavy atom. The van der Waals surface area contributed by atoms with Gasteiger partial charge in [-0.3, -0.25) is 0 Å². The molecular weight excluding hydrogens is 287 g/mol. The van der Waals surface area contributed by atoms with Gasteiger partial charge in [-0.2, -0.15) is 22.8 Å².